The molecule has 0 radical (unpaired) electrons. The van der Waals surface area contributed by atoms with Crippen molar-refractivity contribution in [2.24, 2.45) is 5.92 Å². The fourth-order valence-electron chi connectivity index (χ4n) is 6.78. The molecule has 0 aliphatic heterocycles. The van der Waals surface area contributed by atoms with Gasteiger partial charge in [0.1, 0.15) is 0 Å². The van der Waals surface area contributed by atoms with Gasteiger partial charge < -0.3 is 13.9 Å². The fraction of sp³-hybridized carbons (Fsp3) is 0.297. The van der Waals surface area contributed by atoms with Gasteiger partial charge in [-0.05, 0) is 99.5 Å². The van der Waals surface area contributed by atoms with Gasteiger partial charge in [0.2, 0.25) is 0 Å². The normalized spacial score (nSPS) is 14.0. The summed E-state index contributed by atoms with van der Waals surface area (Å²) >= 11 is 0. The molecular weight excluding hydrogens is 516 g/mol. The lowest BCUT2D eigenvalue weighted by molar-refractivity contribution is -0.00269. The lowest BCUT2D eigenvalue weighted by atomic mass is 9.98. The van der Waals surface area contributed by atoms with E-state index in [1.165, 1.54) is 27.9 Å². The Bertz CT molecular complexity index is 1880. The third-order valence-electron chi connectivity index (χ3n) is 8.26. The predicted molar refractivity (Wildman–Crippen MR) is 174 cm³/mol. The summed E-state index contributed by atoms with van der Waals surface area (Å²) in [7, 11) is 0. The van der Waals surface area contributed by atoms with E-state index < -0.39 is 0 Å². The minimum absolute atomic E-state index is 0.146. The first-order valence-corrected chi connectivity index (χ1v) is 15.3. The van der Waals surface area contributed by atoms with Crippen LogP contribution < -0.4 is 0 Å². The molecule has 7 rings (SSSR count). The zero-order valence-electron chi connectivity index (χ0n) is 24.9. The summed E-state index contributed by atoms with van der Waals surface area (Å²) in [4.78, 5) is 9.63. The van der Waals surface area contributed by atoms with Gasteiger partial charge in [-0.2, -0.15) is 0 Å². The van der Waals surface area contributed by atoms with Gasteiger partial charge >= 0.3 is 0 Å². The van der Waals surface area contributed by atoms with E-state index in [9.17, 15) is 0 Å². The summed E-state index contributed by atoms with van der Waals surface area (Å²) in [5.41, 5.74) is 11.7. The van der Waals surface area contributed by atoms with Crippen molar-refractivity contribution < 1.29 is 4.74 Å². The Labute approximate surface area is 247 Å². The minimum Gasteiger partial charge on any atom is -0.375 e. The maximum Gasteiger partial charge on any atom is 0.0963 e. The standard InChI is InChI=1S/C37H38N4O/c1-24(2)19-29(42-25(3)4)22-26-20-27(40-32-13-7-5-11-30(32)36-34(40)15-9-17-38-36)23-28(21-26)41-33-14-8-6-12-31(33)37-35(41)16-10-18-39-37/h5-7,9-13,15-18,20-21,23-25,29H,8,14,19,22H2,1-4H3. The number of hydrogen-bond donors (Lipinski definition) is 0. The quantitative estimate of drug-likeness (QED) is 0.189. The Hall–Kier alpha value is -4.22. The summed E-state index contributed by atoms with van der Waals surface area (Å²) in [6.45, 7) is 8.84. The molecule has 4 aromatic heterocycles. The van der Waals surface area contributed by atoms with Crippen LogP contribution >= 0.6 is 0 Å². The van der Waals surface area contributed by atoms with E-state index in [-0.39, 0.29) is 12.2 Å². The molecule has 0 N–H and O–H groups in total. The molecule has 0 bridgehead atoms. The lowest BCUT2D eigenvalue weighted by Crippen LogP contribution is -2.22. The van der Waals surface area contributed by atoms with Crippen molar-refractivity contribution >= 4 is 39.0 Å². The van der Waals surface area contributed by atoms with Crippen LogP contribution in [-0.4, -0.2) is 31.3 Å². The monoisotopic (exact) mass is 554 g/mol. The van der Waals surface area contributed by atoms with Gasteiger partial charge in [-0.25, -0.2) is 0 Å². The molecule has 2 aromatic carbocycles. The maximum atomic E-state index is 6.48. The van der Waals surface area contributed by atoms with Gasteiger partial charge in [0.05, 0.1) is 39.8 Å². The Morgan fingerprint density at radius 2 is 1.48 bits per heavy atom. The highest BCUT2D eigenvalue weighted by Crippen LogP contribution is 2.36. The number of pyridine rings is 2. The van der Waals surface area contributed by atoms with Crippen LogP contribution in [0.1, 0.15) is 57.4 Å². The number of nitrogens with zero attached hydrogens (tertiary/aromatic N) is 4. The van der Waals surface area contributed by atoms with Crippen molar-refractivity contribution in [1.82, 2.24) is 19.1 Å². The lowest BCUT2D eigenvalue weighted by Gasteiger charge is -2.24. The van der Waals surface area contributed by atoms with Gasteiger partial charge in [-0.3, -0.25) is 9.97 Å². The summed E-state index contributed by atoms with van der Waals surface area (Å²) < 4.78 is 11.3. The topological polar surface area (TPSA) is 44.9 Å². The number of para-hydroxylation sites is 1. The molecule has 0 saturated heterocycles. The Morgan fingerprint density at radius 3 is 2.24 bits per heavy atom. The van der Waals surface area contributed by atoms with Crippen LogP contribution in [0.4, 0.5) is 0 Å². The van der Waals surface area contributed by atoms with Crippen LogP contribution in [0, 0.1) is 5.92 Å². The molecule has 42 heavy (non-hydrogen) atoms. The van der Waals surface area contributed by atoms with Crippen LogP contribution in [0.2, 0.25) is 0 Å². The molecule has 1 aliphatic carbocycles. The van der Waals surface area contributed by atoms with E-state index >= 15 is 0 Å². The van der Waals surface area contributed by atoms with Crippen molar-refractivity contribution in [1.29, 1.82) is 0 Å². The van der Waals surface area contributed by atoms with Crippen molar-refractivity contribution in [3.05, 3.63) is 102 Å². The third kappa shape index (κ3) is 4.72. The minimum atomic E-state index is 0.146. The number of rotatable bonds is 8. The summed E-state index contributed by atoms with van der Waals surface area (Å²) in [6, 6.07) is 24.1. The second kappa shape index (κ2) is 10.9. The Balaban J connectivity index is 1.49. The van der Waals surface area contributed by atoms with E-state index in [0.29, 0.717) is 5.92 Å². The molecule has 4 heterocycles. The smallest absolute Gasteiger partial charge is 0.0963 e. The first-order valence-electron chi connectivity index (χ1n) is 15.3. The number of benzene rings is 2. The number of hydrogen-bond acceptors (Lipinski definition) is 3. The van der Waals surface area contributed by atoms with Gasteiger partial charge in [0.15, 0.2) is 0 Å². The highest BCUT2D eigenvalue weighted by atomic mass is 16.5. The van der Waals surface area contributed by atoms with Gasteiger partial charge in [0.25, 0.3) is 0 Å². The van der Waals surface area contributed by atoms with Gasteiger partial charge in [-0.1, -0.05) is 44.2 Å². The average molecular weight is 555 g/mol. The Kier molecular flexibility index (Phi) is 6.91. The molecule has 1 aliphatic rings. The molecule has 0 amide bonds. The summed E-state index contributed by atoms with van der Waals surface area (Å²) in [5, 5.41) is 1.17. The summed E-state index contributed by atoms with van der Waals surface area (Å²) in [6.07, 6.45) is 12.5. The maximum absolute atomic E-state index is 6.48. The molecular formula is C37H38N4O. The zero-order chi connectivity index (χ0) is 28.8. The highest BCUT2D eigenvalue weighted by Gasteiger charge is 2.22. The first-order chi connectivity index (χ1) is 20.5. The number of aromatic nitrogens is 4. The molecule has 1 atom stereocenters. The molecule has 0 fully saturated rings. The molecule has 5 nitrogen and oxygen atoms in total. The largest absolute Gasteiger partial charge is 0.375 e. The van der Waals surface area contributed by atoms with Crippen LogP contribution in [0.5, 0.6) is 0 Å². The van der Waals surface area contributed by atoms with E-state index in [1.54, 1.807) is 0 Å². The van der Waals surface area contributed by atoms with Crippen molar-refractivity contribution in [2.75, 3.05) is 0 Å². The highest BCUT2D eigenvalue weighted by molar-refractivity contribution is 6.07. The van der Waals surface area contributed by atoms with Crippen molar-refractivity contribution in [2.45, 2.75) is 65.6 Å². The van der Waals surface area contributed by atoms with Gasteiger partial charge in [-0.15, -0.1) is 0 Å². The average Bonchev–Trinajstić information content (AvgIpc) is 3.49. The van der Waals surface area contributed by atoms with Crippen molar-refractivity contribution in [3.8, 4) is 11.4 Å². The predicted octanol–water partition coefficient (Wildman–Crippen LogP) is 8.86. The summed E-state index contributed by atoms with van der Waals surface area (Å²) in [5.74, 6) is 0.554. The van der Waals surface area contributed by atoms with E-state index in [2.05, 4.69) is 104 Å². The van der Waals surface area contributed by atoms with E-state index in [4.69, 9.17) is 14.7 Å². The molecule has 212 valence electrons. The second-order valence-electron chi connectivity index (χ2n) is 12.2. The van der Waals surface area contributed by atoms with Crippen LogP contribution in [0.15, 0.2) is 85.2 Å². The Morgan fingerprint density at radius 1 is 0.786 bits per heavy atom. The molecule has 6 aromatic rings. The van der Waals surface area contributed by atoms with Crippen LogP contribution in [0.25, 0.3) is 50.4 Å². The van der Waals surface area contributed by atoms with Crippen LogP contribution in [-0.2, 0) is 17.6 Å². The second-order valence-corrected chi connectivity index (χ2v) is 12.2. The molecule has 1 unspecified atom stereocenters. The van der Waals surface area contributed by atoms with Crippen LogP contribution in [0.3, 0.4) is 0 Å². The van der Waals surface area contributed by atoms with E-state index in [0.717, 1.165) is 59.0 Å². The fourth-order valence-corrected chi connectivity index (χ4v) is 6.78. The number of fused-ring (bicyclic) bond motifs is 6. The van der Waals surface area contributed by atoms with E-state index in [1.807, 2.05) is 24.5 Å². The molecule has 0 spiro atoms. The first kappa shape index (κ1) is 26.7. The SMILES string of the molecule is CC(C)CC(Cc1cc(-n2c3c(c4ncccc42)C=CCC3)cc(-n2c3ccccc3c3ncccc32)c1)OC(C)C. The molecule has 0 saturated carbocycles. The number of ether oxygens (including phenoxy) is 1. The number of allylic oxidation sites excluding steroid dienone is 1. The zero-order valence-corrected chi connectivity index (χ0v) is 24.9. The van der Waals surface area contributed by atoms with Gasteiger partial charge in [0, 0.05) is 40.4 Å². The molecule has 5 heteroatoms. The third-order valence-corrected chi connectivity index (χ3v) is 8.26. The van der Waals surface area contributed by atoms with Crippen molar-refractivity contribution in [3.63, 3.8) is 0 Å².